The van der Waals surface area contributed by atoms with Crippen LogP contribution in [0.15, 0.2) is 5.38 Å². The first-order chi connectivity index (χ1) is 7.36. The lowest BCUT2D eigenvalue weighted by atomic mass is 9.86. The number of rotatable bonds is 3. The largest absolute Gasteiger partial charge is 0.330 e. The molecule has 2 heteroatoms. The molecule has 2 N–H and O–H groups in total. The monoisotopic (exact) mass is 221 g/mol. The second-order valence-electron chi connectivity index (χ2n) is 5.08. The van der Waals surface area contributed by atoms with Gasteiger partial charge in [-0.3, -0.25) is 0 Å². The third-order valence-electron chi connectivity index (χ3n) is 4.11. The highest BCUT2D eigenvalue weighted by Crippen LogP contribution is 2.54. The number of hydrogen-bond acceptors (Lipinski definition) is 2. The minimum Gasteiger partial charge on any atom is -0.330 e. The molecule has 82 valence electrons. The molecule has 0 saturated heterocycles. The van der Waals surface area contributed by atoms with Crippen LogP contribution in [0.3, 0.4) is 0 Å². The average Bonchev–Trinajstić information content (AvgIpc) is 2.91. The van der Waals surface area contributed by atoms with Crippen LogP contribution in [0, 0.1) is 0 Å². The minimum atomic E-state index is 0.524. The van der Waals surface area contributed by atoms with Crippen molar-refractivity contribution in [2.45, 2.75) is 50.4 Å². The predicted octanol–water partition coefficient (Wildman–Crippen LogP) is 3.01. The maximum Gasteiger partial charge on any atom is 0.00802 e. The van der Waals surface area contributed by atoms with Crippen molar-refractivity contribution < 1.29 is 0 Å². The lowest BCUT2D eigenvalue weighted by molar-refractivity contribution is 0.610. The summed E-state index contributed by atoms with van der Waals surface area (Å²) in [7, 11) is 0. The van der Waals surface area contributed by atoms with Gasteiger partial charge in [-0.1, -0.05) is 0 Å². The zero-order valence-corrected chi connectivity index (χ0v) is 10.0. The van der Waals surface area contributed by atoms with Crippen LogP contribution in [0.1, 0.15) is 48.1 Å². The van der Waals surface area contributed by atoms with E-state index >= 15 is 0 Å². The van der Waals surface area contributed by atoms with E-state index in [1.54, 1.807) is 16.0 Å². The van der Waals surface area contributed by atoms with E-state index in [1.807, 2.05) is 11.3 Å². The molecule has 15 heavy (non-hydrogen) atoms. The molecule has 0 radical (unpaired) electrons. The van der Waals surface area contributed by atoms with E-state index in [0.29, 0.717) is 5.41 Å². The van der Waals surface area contributed by atoms with Crippen molar-refractivity contribution in [2.75, 3.05) is 6.54 Å². The minimum absolute atomic E-state index is 0.524. The third kappa shape index (κ3) is 1.55. The fraction of sp³-hybridized carbons (Fsp3) is 0.692. The summed E-state index contributed by atoms with van der Waals surface area (Å²) in [5.41, 5.74) is 9.67. The molecule has 3 rings (SSSR count). The molecule has 0 aliphatic heterocycles. The molecule has 0 spiro atoms. The van der Waals surface area contributed by atoms with Gasteiger partial charge in [0.25, 0.3) is 0 Å². The van der Waals surface area contributed by atoms with Gasteiger partial charge in [0.1, 0.15) is 0 Å². The highest BCUT2D eigenvalue weighted by atomic mass is 32.1. The van der Waals surface area contributed by atoms with E-state index in [0.717, 1.165) is 6.54 Å². The number of hydrogen-bond donors (Lipinski definition) is 1. The van der Waals surface area contributed by atoms with Gasteiger partial charge < -0.3 is 5.73 Å². The van der Waals surface area contributed by atoms with Crippen molar-refractivity contribution in [1.82, 2.24) is 0 Å². The van der Waals surface area contributed by atoms with Crippen molar-refractivity contribution in [3.8, 4) is 0 Å². The Morgan fingerprint density at radius 2 is 2.07 bits per heavy atom. The van der Waals surface area contributed by atoms with Crippen LogP contribution < -0.4 is 5.73 Å². The second-order valence-corrected chi connectivity index (χ2v) is 6.04. The Morgan fingerprint density at radius 3 is 2.80 bits per heavy atom. The van der Waals surface area contributed by atoms with Crippen molar-refractivity contribution in [2.24, 2.45) is 5.73 Å². The van der Waals surface area contributed by atoms with Gasteiger partial charge in [-0.25, -0.2) is 0 Å². The molecule has 1 nitrogen and oxygen atoms in total. The molecule has 2 aliphatic rings. The predicted molar refractivity (Wildman–Crippen MR) is 65.5 cm³/mol. The lowest BCUT2D eigenvalue weighted by Gasteiger charge is -2.18. The summed E-state index contributed by atoms with van der Waals surface area (Å²) >= 11 is 2.00. The molecule has 0 atom stereocenters. The normalized spacial score (nSPS) is 22.5. The lowest BCUT2D eigenvalue weighted by Crippen LogP contribution is -2.15. The summed E-state index contributed by atoms with van der Waals surface area (Å²) in [6, 6.07) is 0. The first-order valence-electron chi connectivity index (χ1n) is 6.15. The van der Waals surface area contributed by atoms with E-state index in [-0.39, 0.29) is 0 Å². The van der Waals surface area contributed by atoms with Gasteiger partial charge >= 0.3 is 0 Å². The molecule has 0 aromatic carbocycles. The van der Waals surface area contributed by atoms with E-state index in [9.17, 15) is 0 Å². The molecule has 1 saturated carbocycles. The van der Waals surface area contributed by atoms with Gasteiger partial charge in [0, 0.05) is 4.88 Å². The fourth-order valence-electron chi connectivity index (χ4n) is 3.02. The molecule has 1 aromatic rings. The van der Waals surface area contributed by atoms with Crippen molar-refractivity contribution in [1.29, 1.82) is 0 Å². The van der Waals surface area contributed by atoms with E-state index in [1.165, 1.54) is 44.9 Å². The topological polar surface area (TPSA) is 26.0 Å². The van der Waals surface area contributed by atoms with Gasteiger partial charge in [0.2, 0.25) is 0 Å². The maximum atomic E-state index is 5.74. The van der Waals surface area contributed by atoms with Crippen LogP contribution in [0.2, 0.25) is 0 Å². The fourth-order valence-corrected chi connectivity index (χ4v) is 4.29. The Morgan fingerprint density at radius 1 is 1.27 bits per heavy atom. The summed E-state index contributed by atoms with van der Waals surface area (Å²) < 4.78 is 0. The molecule has 1 heterocycles. The third-order valence-corrected chi connectivity index (χ3v) is 5.20. The molecule has 0 bridgehead atoms. The summed E-state index contributed by atoms with van der Waals surface area (Å²) in [4.78, 5) is 1.68. The zero-order valence-electron chi connectivity index (χ0n) is 9.22. The summed E-state index contributed by atoms with van der Waals surface area (Å²) in [6.07, 6.45) is 9.43. The molecular weight excluding hydrogens is 202 g/mol. The van der Waals surface area contributed by atoms with E-state index in [4.69, 9.17) is 5.73 Å². The number of thiophene rings is 1. The second kappa shape index (κ2) is 3.60. The molecule has 1 fully saturated rings. The van der Waals surface area contributed by atoms with Gasteiger partial charge in [0.05, 0.1) is 0 Å². The van der Waals surface area contributed by atoms with Gasteiger partial charge in [-0.15, -0.1) is 11.3 Å². The van der Waals surface area contributed by atoms with Gasteiger partial charge in [-0.2, -0.15) is 0 Å². The standard InChI is InChI=1S/C13H19NS/c14-8-7-13(5-6-13)11-9-15-12-4-2-1-3-10(11)12/h9H,1-8,14H2. The molecule has 1 aromatic heterocycles. The van der Waals surface area contributed by atoms with Crippen molar-refractivity contribution in [3.63, 3.8) is 0 Å². The van der Waals surface area contributed by atoms with Crippen LogP contribution in [0.5, 0.6) is 0 Å². The van der Waals surface area contributed by atoms with Crippen LogP contribution >= 0.6 is 11.3 Å². The van der Waals surface area contributed by atoms with Crippen LogP contribution in [-0.2, 0) is 18.3 Å². The van der Waals surface area contributed by atoms with E-state index in [2.05, 4.69) is 5.38 Å². The van der Waals surface area contributed by atoms with E-state index < -0.39 is 0 Å². The SMILES string of the molecule is NCCC1(c2csc3c2CCCC3)CC1. The van der Waals surface area contributed by atoms with Crippen LogP contribution in [0.25, 0.3) is 0 Å². The quantitative estimate of drug-likeness (QED) is 0.834. The summed E-state index contributed by atoms with van der Waals surface area (Å²) in [5.74, 6) is 0. The van der Waals surface area contributed by atoms with Crippen LogP contribution in [-0.4, -0.2) is 6.54 Å². The number of aryl methyl sites for hydroxylation is 1. The van der Waals surface area contributed by atoms with Crippen molar-refractivity contribution in [3.05, 3.63) is 21.4 Å². The maximum absolute atomic E-state index is 5.74. The average molecular weight is 221 g/mol. The zero-order chi connectivity index (χ0) is 10.3. The highest BCUT2D eigenvalue weighted by Gasteiger charge is 2.45. The molecular formula is C13H19NS. The summed E-state index contributed by atoms with van der Waals surface area (Å²) in [5, 5.41) is 2.44. The Labute approximate surface area is 95.7 Å². The Balaban J connectivity index is 1.95. The molecule has 2 aliphatic carbocycles. The van der Waals surface area contributed by atoms with Crippen molar-refractivity contribution >= 4 is 11.3 Å². The Hall–Kier alpha value is -0.340. The van der Waals surface area contributed by atoms with Gasteiger partial charge in [0.15, 0.2) is 0 Å². The van der Waals surface area contributed by atoms with Gasteiger partial charge in [-0.05, 0) is 73.4 Å². The first-order valence-corrected chi connectivity index (χ1v) is 7.03. The number of fused-ring (bicyclic) bond motifs is 1. The first kappa shape index (κ1) is 9.86. The smallest absolute Gasteiger partial charge is 0.00802 e. The van der Waals surface area contributed by atoms with Crippen LogP contribution in [0.4, 0.5) is 0 Å². The Bertz CT molecular complexity index is 363. The highest BCUT2D eigenvalue weighted by molar-refractivity contribution is 7.10. The molecule has 0 unspecified atom stereocenters. The summed E-state index contributed by atoms with van der Waals surface area (Å²) in [6.45, 7) is 0.852. The molecule has 0 amide bonds. The Kier molecular flexibility index (Phi) is 2.37. The number of nitrogens with two attached hydrogens (primary N) is 1.